The lowest BCUT2D eigenvalue weighted by atomic mass is 9.67. The predicted molar refractivity (Wildman–Crippen MR) is 148 cm³/mol. The maximum atomic E-state index is 11.7. The van der Waals surface area contributed by atoms with E-state index >= 15 is 0 Å². The summed E-state index contributed by atoms with van der Waals surface area (Å²) in [6.07, 6.45) is 1.89. The van der Waals surface area contributed by atoms with Crippen LogP contribution >= 0.6 is 0 Å². The fraction of sp³-hybridized carbons (Fsp3) is 0.250. The van der Waals surface area contributed by atoms with Crippen LogP contribution in [-0.2, 0) is 0 Å². The summed E-state index contributed by atoms with van der Waals surface area (Å²) in [5.41, 5.74) is 8.71. The molecule has 0 bridgehead atoms. The van der Waals surface area contributed by atoms with Gasteiger partial charge in [0.15, 0.2) is 0 Å². The smallest absolute Gasteiger partial charge is 0.320 e. The van der Waals surface area contributed by atoms with Crippen molar-refractivity contribution in [2.24, 2.45) is 5.41 Å². The summed E-state index contributed by atoms with van der Waals surface area (Å²) in [4.78, 5) is 11.6. The van der Waals surface area contributed by atoms with Gasteiger partial charge in [-0.25, -0.2) is 5.21 Å². The van der Waals surface area contributed by atoms with Gasteiger partial charge in [-0.3, -0.25) is 0 Å². The average Bonchev–Trinajstić information content (AvgIpc) is 3.33. The van der Waals surface area contributed by atoms with Crippen LogP contribution in [0, 0.1) is 24.2 Å². The van der Waals surface area contributed by atoms with Gasteiger partial charge in [0.05, 0.1) is 4.91 Å². The van der Waals surface area contributed by atoms with Gasteiger partial charge in [-0.1, -0.05) is 50.8 Å². The Bertz CT molecular complexity index is 1650. The molecular weight excluding hydrogens is 460 g/mol. The molecule has 2 N–H and O–H groups in total. The van der Waals surface area contributed by atoms with Crippen molar-refractivity contribution in [3.8, 4) is 11.3 Å². The first-order valence-corrected chi connectivity index (χ1v) is 12.7. The zero-order chi connectivity index (χ0) is 26.1. The quantitative estimate of drug-likeness (QED) is 0.281. The molecule has 1 aromatic heterocycles. The van der Waals surface area contributed by atoms with Crippen molar-refractivity contribution in [3.05, 3.63) is 106 Å². The number of allylic oxidation sites excluding steroid dienone is 1. The molecule has 37 heavy (non-hydrogen) atoms. The maximum absolute atomic E-state index is 11.7. The molecule has 6 rings (SSSR count). The van der Waals surface area contributed by atoms with Gasteiger partial charge in [0.1, 0.15) is 17.6 Å². The lowest BCUT2D eigenvalue weighted by molar-refractivity contribution is -0.730. The van der Waals surface area contributed by atoms with E-state index in [1.165, 1.54) is 27.5 Å². The van der Waals surface area contributed by atoms with Crippen LogP contribution in [0.1, 0.15) is 55.2 Å². The molecule has 0 saturated heterocycles. The number of benzene rings is 3. The van der Waals surface area contributed by atoms with E-state index in [1.807, 2.05) is 32.0 Å². The van der Waals surface area contributed by atoms with Gasteiger partial charge >= 0.3 is 5.69 Å². The minimum Gasteiger partial charge on any atom is -0.459 e. The molecule has 2 aliphatic rings. The summed E-state index contributed by atoms with van der Waals surface area (Å²) >= 11 is 0. The van der Waals surface area contributed by atoms with Crippen LogP contribution in [0.2, 0.25) is 0 Å². The largest absolute Gasteiger partial charge is 0.459 e. The average molecular weight is 492 g/mol. The number of fused-ring (bicyclic) bond motifs is 4. The van der Waals surface area contributed by atoms with Crippen LogP contribution in [0.15, 0.2) is 82.8 Å². The van der Waals surface area contributed by atoms with E-state index in [4.69, 9.17) is 4.42 Å². The molecule has 1 unspecified atom stereocenters. The zero-order valence-electron chi connectivity index (χ0n) is 21.7. The number of furan rings is 1. The molecule has 3 aromatic carbocycles. The first kappa shape index (κ1) is 23.3. The molecule has 0 amide bonds. The third-order valence-corrected chi connectivity index (χ3v) is 7.78. The minimum absolute atomic E-state index is 0.0789. The van der Waals surface area contributed by atoms with Crippen molar-refractivity contribution in [1.29, 1.82) is 0 Å². The van der Waals surface area contributed by atoms with E-state index < -0.39 is 0 Å². The van der Waals surface area contributed by atoms with Crippen LogP contribution < -0.4 is 5.32 Å². The van der Waals surface area contributed by atoms with Crippen LogP contribution in [-0.4, -0.2) is 10.1 Å². The molecule has 186 valence electrons. The molecular formula is C32H31N2O3+. The molecule has 0 saturated carbocycles. The monoisotopic (exact) mass is 491 g/mol. The Morgan fingerprint density at radius 1 is 1.05 bits per heavy atom. The lowest BCUT2D eigenvalue weighted by Crippen LogP contribution is -2.28. The number of rotatable bonds is 3. The van der Waals surface area contributed by atoms with Crippen molar-refractivity contribution in [2.75, 3.05) is 5.32 Å². The van der Waals surface area contributed by atoms with E-state index in [0.717, 1.165) is 41.0 Å². The second-order valence-corrected chi connectivity index (χ2v) is 11.2. The van der Waals surface area contributed by atoms with E-state index in [1.54, 1.807) is 6.07 Å². The number of anilines is 1. The van der Waals surface area contributed by atoms with Crippen molar-refractivity contribution < 1.29 is 14.5 Å². The Balaban J connectivity index is 1.52. The topological polar surface area (TPSA) is 65.5 Å². The first-order chi connectivity index (χ1) is 17.6. The lowest BCUT2D eigenvalue weighted by Gasteiger charge is -2.41. The van der Waals surface area contributed by atoms with Gasteiger partial charge in [0.2, 0.25) is 0 Å². The summed E-state index contributed by atoms with van der Waals surface area (Å²) < 4.78 is 6.49. The molecule has 1 atom stereocenters. The van der Waals surface area contributed by atoms with Crippen molar-refractivity contribution in [2.45, 2.75) is 46.6 Å². The predicted octanol–water partition coefficient (Wildman–Crippen LogP) is 8.81. The minimum atomic E-state index is -0.167. The normalized spacial score (nSPS) is 18.4. The SMILES string of the molecule is C=C1CC(C)(C)CC2=C1C(c1ccc(-c3cc(C)cc([N+](=O)O)c3C)o1)Nc1ccc3ccccc3c12. The van der Waals surface area contributed by atoms with Crippen LogP contribution in [0.4, 0.5) is 11.4 Å². The number of hydrogen-bond acceptors (Lipinski definition) is 3. The summed E-state index contributed by atoms with van der Waals surface area (Å²) in [6.45, 7) is 12.9. The standard InChI is InChI=1S/C32H31N2O3/c1-18-14-23(20(3)26(15-18)34(35)36)27-12-13-28(37-27)31-29-19(2)16-32(4,5)17-24(29)30-22-9-7-6-8-21(22)10-11-25(30)33-31/h6-15,31,33H,2,16-17H2,1,3-5H3,(H,35,36)/q+1. The van der Waals surface area contributed by atoms with E-state index in [-0.39, 0.29) is 22.1 Å². The first-order valence-electron chi connectivity index (χ1n) is 12.7. The Morgan fingerprint density at radius 3 is 2.62 bits per heavy atom. The van der Waals surface area contributed by atoms with E-state index in [9.17, 15) is 10.1 Å². The van der Waals surface area contributed by atoms with Gasteiger partial charge in [-0.2, -0.15) is 0 Å². The molecule has 5 nitrogen and oxygen atoms in total. The number of nitrogens with one attached hydrogen (secondary N) is 1. The Labute approximate surface area is 216 Å². The molecule has 0 fully saturated rings. The highest BCUT2D eigenvalue weighted by molar-refractivity contribution is 6.02. The zero-order valence-corrected chi connectivity index (χ0v) is 21.7. The molecule has 0 radical (unpaired) electrons. The van der Waals surface area contributed by atoms with Crippen LogP contribution in [0.5, 0.6) is 0 Å². The molecule has 0 spiro atoms. The molecule has 5 heteroatoms. The third kappa shape index (κ3) is 3.77. The summed E-state index contributed by atoms with van der Waals surface area (Å²) in [6, 6.07) is 20.3. The number of nitrogens with zero attached hydrogens (tertiary/aromatic N) is 1. The fourth-order valence-electron chi connectivity index (χ4n) is 6.23. The fourth-order valence-corrected chi connectivity index (χ4v) is 6.23. The highest BCUT2D eigenvalue weighted by Crippen LogP contribution is 2.55. The van der Waals surface area contributed by atoms with Gasteiger partial charge in [-0.05, 0) is 89.4 Å². The van der Waals surface area contributed by atoms with Crippen molar-refractivity contribution in [3.63, 3.8) is 0 Å². The Kier molecular flexibility index (Phi) is 5.16. The number of hydrogen-bond donors (Lipinski definition) is 2. The Hall–Kier alpha value is -4.12. The highest BCUT2D eigenvalue weighted by Gasteiger charge is 2.39. The van der Waals surface area contributed by atoms with Crippen molar-refractivity contribution in [1.82, 2.24) is 0 Å². The molecule has 4 aromatic rings. The second kappa shape index (κ2) is 8.20. The number of aryl methyl sites for hydroxylation is 1. The summed E-state index contributed by atoms with van der Waals surface area (Å²) in [5.74, 6) is 1.46. The maximum Gasteiger partial charge on any atom is 0.320 e. The van der Waals surface area contributed by atoms with E-state index in [0.29, 0.717) is 11.3 Å². The summed E-state index contributed by atoms with van der Waals surface area (Å²) in [5, 5.41) is 15.8. The molecule has 1 aliphatic carbocycles. The van der Waals surface area contributed by atoms with Gasteiger partial charge in [-0.15, -0.1) is 0 Å². The summed E-state index contributed by atoms with van der Waals surface area (Å²) in [7, 11) is 0. The molecule has 2 heterocycles. The molecule has 1 aliphatic heterocycles. The Morgan fingerprint density at radius 2 is 1.84 bits per heavy atom. The van der Waals surface area contributed by atoms with E-state index in [2.05, 4.69) is 62.1 Å². The van der Waals surface area contributed by atoms with Crippen LogP contribution in [0.3, 0.4) is 0 Å². The van der Waals surface area contributed by atoms with Crippen molar-refractivity contribution >= 4 is 27.7 Å². The highest BCUT2D eigenvalue weighted by atomic mass is 16.6. The van der Waals surface area contributed by atoms with Crippen LogP contribution in [0.25, 0.3) is 27.7 Å². The van der Waals surface area contributed by atoms with Gasteiger partial charge < -0.3 is 9.73 Å². The second-order valence-electron chi connectivity index (χ2n) is 11.2. The third-order valence-electron chi connectivity index (χ3n) is 7.78. The van der Waals surface area contributed by atoms with Gasteiger partial charge in [0, 0.05) is 28.4 Å². The van der Waals surface area contributed by atoms with Gasteiger partial charge in [0.25, 0.3) is 4.92 Å².